The van der Waals surface area contributed by atoms with Gasteiger partial charge in [0.25, 0.3) is 0 Å². The number of primary amides is 1. The van der Waals surface area contributed by atoms with E-state index < -0.39 is 11.9 Å². The molecule has 0 aliphatic rings. The molecule has 152 valence electrons. The number of imidazole rings is 1. The quantitative estimate of drug-likeness (QED) is 0.434. The van der Waals surface area contributed by atoms with Crippen molar-refractivity contribution in [2.24, 2.45) is 5.73 Å². The fourth-order valence-corrected chi connectivity index (χ4v) is 4.50. The first-order valence-corrected chi connectivity index (χ1v) is 10.2. The molecule has 0 aliphatic heterocycles. The maximum atomic E-state index is 11.5. The number of rotatable bonds is 5. The van der Waals surface area contributed by atoms with E-state index in [0.29, 0.717) is 5.56 Å². The van der Waals surface area contributed by atoms with Gasteiger partial charge < -0.3 is 20.0 Å². The Morgan fingerprint density at radius 2 is 1.68 bits per heavy atom. The zero-order valence-corrected chi connectivity index (χ0v) is 16.9. The number of hydrogen-bond donors (Lipinski definition) is 2. The Bertz CT molecular complexity index is 1410. The molecule has 8 heteroatoms. The predicted molar refractivity (Wildman–Crippen MR) is 119 cm³/mol. The molecule has 5 aromatic rings. The summed E-state index contributed by atoms with van der Waals surface area (Å²) in [6.07, 6.45) is 5.34. The third-order valence-electron chi connectivity index (χ3n) is 5.08. The molecule has 0 bridgehead atoms. The number of hydrogen-bond acceptors (Lipinski definition) is 4. The smallest absolute Gasteiger partial charge is 0.345 e. The zero-order valence-electron chi connectivity index (χ0n) is 16.1. The predicted octanol–water partition coefficient (Wildman–Crippen LogP) is 4.34. The van der Waals surface area contributed by atoms with Crippen molar-refractivity contribution < 1.29 is 14.7 Å². The molecular formula is C23H16N4O3S. The Labute approximate surface area is 180 Å². The Morgan fingerprint density at radius 1 is 0.968 bits per heavy atom. The number of thiophene rings is 1. The summed E-state index contributed by atoms with van der Waals surface area (Å²) in [4.78, 5) is 27.3. The lowest BCUT2D eigenvalue weighted by Gasteiger charge is -2.12. The van der Waals surface area contributed by atoms with Gasteiger partial charge in [0, 0.05) is 29.3 Å². The third-order valence-corrected chi connectivity index (χ3v) is 6.14. The van der Waals surface area contributed by atoms with Crippen molar-refractivity contribution in [1.29, 1.82) is 0 Å². The molecule has 0 saturated heterocycles. The Hall–Kier alpha value is -4.17. The van der Waals surface area contributed by atoms with Crippen molar-refractivity contribution in [1.82, 2.24) is 14.1 Å². The van der Waals surface area contributed by atoms with Crippen molar-refractivity contribution in [3.63, 3.8) is 0 Å². The van der Waals surface area contributed by atoms with Gasteiger partial charge in [-0.25, -0.2) is 9.78 Å². The van der Waals surface area contributed by atoms with Crippen molar-refractivity contribution in [3.8, 4) is 22.6 Å². The van der Waals surface area contributed by atoms with Gasteiger partial charge in [-0.1, -0.05) is 12.1 Å². The number of carboxylic acid groups (broad SMARTS) is 1. The number of carbonyl (C=O) groups is 2. The van der Waals surface area contributed by atoms with Gasteiger partial charge in [0.15, 0.2) is 0 Å². The molecule has 0 radical (unpaired) electrons. The van der Waals surface area contributed by atoms with Gasteiger partial charge >= 0.3 is 5.97 Å². The van der Waals surface area contributed by atoms with E-state index in [1.807, 2.05) is 45.7 Å². The van der Waals surface area contributed by atoms with Crippen LogP contribution in [0.2, 0.25) is 0 Å². The van der Waals surface area contributed by atoms with Crippen LogP contribution in [0.15, 0.2) is 79.4 Å². The highest BCUT2D eigenvalue weighted by molar-refractivity contribution is 7.20. The van der Waals surface area contributed by atoms with E-state index in [0.717, 1.165) is 32.8 Å². The van der Waals surface area contributed by atoms with Crippen LogP contribution < -0.4 is 5.73 Å². The minimum atomic E-state index is -0.955. The molecule has 2 aromatic carbocycles. The SMILES string of the molecule is NC(=O)c1ccc(-n2c(-c3ccc(-n4ccnc4)cc3)cc3sc(C(=O)O)cc32)cc1. The van der Waals surface area contributed by atoms with E-state index in [2.05, 4.69) is 4.98 Å². The van der Waals surface area contributed by atoms with Crippen LogP contribution in [0.1, 0.15) is 20.0 Å². The third kappa shape index (κ3) is 3.28. The van der Waals surface area contributed by atoms with Gasteiger partial charge in [0.1, 0.15) is 4.88 Å². The summed E-state index contributed by atoms with van der Waals surface area (Å²) in [5, 5.41) is 9.41. The Balaban J connectivity index is 1.67. The fourth-order valence-electron chi connectivity index (χ4n) is 3.58. The number of amides is 1. The number of fused-ring (bicyclic) bond motifs is 1. The molecule has 0 unspecified atom stereocenters. The van der Waals surface area contributed by atoms with E-state index in [1.165, 1.54) is 11.3 Å². The summed E-state index contributed by atoms with van der Waals surface area (Å²) in [7, 11) is 0. The maximum Gasteiger partial charge on any atom is 0.345 e. The van der Waals surface area contributed by atoms with Gasteiger partial charge in [-0.3, -0.25) is 4.79 Å². The number of aromatic nitrogens is 3. The van der Waals surface area contributed by atoms with Crippen molar-refractivity contribution in [3.05, 3.63) is 89.8 Å². The number of carbonyl (C=O) groups excluding carboxylic acids is 1. The lowest BCUT2D eigenvalue weighted by atomic mass is 10.1. The van der Waals surface area contributed by atoms with Gasteiger partial charge in [0.2, 0.25) is 5.91 Å². The van der Waals surface area contributed by atoms with Crippen LogP contribution in [0.4, 0.5) is 0 Å². The maximum absolute atomic E-state index is 11.5. The number of nitrogens with zero attached hydrogens (tertiary/aromatic N) is 3. The number of aromatic carboxylic acids is 1. The minimum absolute atomic E-state index is 0.273. The summed E-state index contributed by atoms with van der Waals surface area (Å²) in [5.74, 6) is -1.45. The first kappa shape index (κ1) is 18.8. The molecule has 1 amide bonds. The molecule has 7 nitrogen and oxygen atoms in total. The summed E-state index contributed by atoms with van der Waals surface area (Å²) in [6.45, 7) is 0. The molecule has 0 fully saturated rings. The highest BCUT2D eigenvalue weighted by Crippen LogP contribution is 2.36. The second-order valence-electron chi connectivity index (χ2n) is 6.96. The Morgan fingerprint density at radius 3 is 2.29 bits per heavy atom. The Kier molecular flexibility index (Phi) is 4.41. The summed E-state index contributed by atoms with van der Waals surface area (Å²) in [5.41, 5.74) is 10.3. The second kappa shape index (κ2) is 7.26. The van der Waals surface area contributed by atoms with Crippen molar-refractivity contribution in [2.45, 2.75) is 0 Å². The summed E-state index contributed by atoms with van der Waals surface area (Å²) >= 11 is 1.23. The lowest BCUT2D eigenvalue weighted by molar-refractivity contribution is 0.0702. The van der Waals surface area contributed by atoms with Crippen LogP contribution >= 0.6 is 11.3 Å². The van der Waals surface area contributed by atoms with E-state index in [4.69, 9.17) is 5.73 Å². The van der Waals surface area contributed by atoms with Gasteiger partial charge in [0.05, 0.1) is 22.2 Å². The molecule has 5 rings (SSSR count). The normalized spacial score (nSPS) is 11.1. The molecule has 0 atom stereocenters. The van der Waals surface area contributed by atoms with E-state index in [1.54, 1.807) is 42.9 Å². The molecule has 0 aliphatic carbocycles. The lowest BCUT2D eigenvalue weighted by Crippen LogP contribution is -2.10. The second-order valence-corrected chi connectivity index (χ2v) is 8.04. The molecule has 3 aromatic heterocycles. The van der Waals surface area contributed by atoms with Crippen LogP contribution in [0.5, 0.6) is 0 Å². The monoisotopic (exact) mass is 428 g/mol. The van der Waals surface area contributed by atoms with E-state index in [-0.39, 0.29) is 4.88 Å². The topological polar surface area (TPSA) is 103 Å². The highest BCUT2D eigenvalue weighted by Gasteiger charge is 2.18. The standard InChI is InChI=1S/C23H16N4O3S/c24-22(28)15-3-7-17(8-4-15)27-18(11-20-19(27)12-21(31-20)23(29)30)14-1-5-16(6-2-14)26-10-9-25-13-26/h1-13H,(H2,24,28)(H,29,30). The van der Waals surface area contributed by atoms with Crippen LogP contribution in [0.25, 0.3) is 32.8 Å². The average molecular weight is 428 g/mol. The molecule has 31 heavy (non-hydrogen) atoms. The minimum Gasteiger partial charge on any atom is -0.477 e. The fraction of sp³-hybridized carbons (Fsp3) is 0. The van der Waals surface area contributed by atoms with Crippen molar-refractivity contribution in [2.75, 3.05) is 0 Å². The van der Waals surface area contributed by atoms with Crippen LogP contribution in [0, 0.1) is 0 Å². The summed E-state index contributed by atoms with van der Waals surface area (Å²) in [6, 6.07) is 18.6. The van der Waals surface area contributed by atoms with E-state index >= 15 is 0 Å². The molecule has 3 N–H and O–H groups in total. The first-order chi connectivity index (χ1) is 15.0. The molecule has 0 saturated carbocycles. The largest absolute Gasteiger partial charge is 0.477 e. The van der Waals surface area contributed by atoms with Crippen LogP contribution in [-0.2, 0) is 0 Å². The summed E-state index contributed by atoms with van der Waals surface area (Å²) < 4.78 is 4.78. The van der Waals surface area contributed by atoms with Crippen molar-refractivity contribution >= 4 is 33.4 Å². The zero-order chi connectivity index (χ0) is 21.5. The van der Waals surface area contributed by atoms with Crippen LogP contribution in [0.3, 0.4) is 0 Å². The van der Waals surface area contributed by atoms with Crippen LogP contribution in [-0.4, -0.2) is 31.1 Å². The van der Waals surface area contributed by atoms with Gasteiger partial charge in [-0.15, -0.1) is 11.3 Å². The highest BCUT2D eigenvalue weighted by atomic mass is 32.1. The first-order valence-electron chi connectivity index (χ1n) is 9.39. The average Bonchev–Trinajstić information content (AvgIpc) is 3.50. The molecular weight excluding hydrogens is 412 g/mol. The van der Waals surface area contributed by atoms with Gasteiger partial charge in [-0.2, -0.15) is 0 Å². The number of benzene rings is 2. The van der Waals surface area contributed by atoms with E-state index in [9.17, 15) is 14.7 Å². The number of nitrogens with two attached hydrogens (primary N) is 1. The molecule has 3 heterocycles. The molecule has 0 spiro atoms. The van der Waals surface area contributed by atoms with Gasteiger partial charge in [-0.05, 0) is 54.1 Å². The number of carboxylic acids is 1.